The van der Waals surface area contributed by atoms with E-state index in [1.54, 1.807) is 0 Å². The van der Waals surface area contributed by atoms with Gasteiger partial charge in [-0.05, 0) is 37.7 Å². The number of carboxylic acids is 1. The molecule has 5 atom stereocenters. The van der Waals surface area contributed by atoms with Crippen molar-refractivity contribution in [3.05, 3.63) is 35.9 Å². The van der Waals surface area contributed by atoms with Crippen LogP contribution >= 0.6 is 0 Å². The highest BCUT2D eigenvalue weighted by molar-refractivity contribution is 5.94. The molecule has 0 aliphatic rings. The third-order valence-corrected chi connectivity index (χ3v) is 5.33. The van der Waals surface area contributed by atoms with E-state index in [0.717, 1.165) is 5.56 Å². The summed E-state index contributed by atoms with van der Waals surface area (Å²) >= 11 is 0. The summed E-state index contributed by atoms with van der Waals surface area (Å²) in [5.74, 6) is -4.43. The number of carbonyl (C=O) groups excluding carboxylic acids is 4. The van der Waals surface area contributed by atoms with Gasteiger partial charge >= 0.3 is 5.97 Å². The summed E-state index contributed by atoms with van der Waals surface area (Å²) in [6.07, 6.45) is -1.46. The van der Waals surface area contributed by atoms with Gasteiger partial charge < -0.3 is 37.6 Å². The first-order valence-corrected chi connectivity index (χ1v) is 11.7. The lowest BCUT2D eigenvalue weighted by Crippen LogP contribution is -2.60. The van der Waals surface area contributed by atoms with Crippen LogP contribution in [0.3, 0.4) is 0 Å². The first-order valence-electron chi connectivity index (χ1n) is 11.7. The molecular formula is C24H37N5O7. The van der Waals surface area contributed by atoms with Crippen molar-refractivity contribution in [1.29, 1.82) is 0 Å². The zero-order chi connectivity index (χ0) is 27.4. The maximum absolute atomic E-state index is 13.0. The normalized spacial score (nSPS) is 15.2. The number of benzene rings is 1. The van der Waals surface area contributed by atoms with Crippen molar-refractivity contribution in [2.45, 2.75) is 76.7 Å². The Hall–Kier alpha value is -3.51. The van der Waals surface area contributed by atoms with Crippen LogP contribution in [0.25, 0.3) is 0 Å². The molecule has 5 unspecified atom stereocenters. The molecule has 0 bridgehead atoms. The van der Waals surface area contributed by atoms with Crippen molar-refractivity contribution in [1.82, 2.24) is 16.0 Å². The van der Waals surface area contributed by atoms with Crippen molar-refractivity contribution in [3.63, 3.8) is 0 Å². The number of aliphatic hydroxyl groups is 1. The smallest absolute Gasteiger partial charge is 0.326 e. The fourth-order valence-electron chi connectivity index (χ4n) is 3.41. The van der Waals surface area contributed by atoms with Gasteiger partial charge in [-0.2, -0.15) is 0 Å². The predicted molar refractivity (Wildman–Crippen MR) is 131 cm³/mol. The number of rotatable bonds is 15. The van der Waals surface area contributed by atoms with Crippen molar-refractivity contribution in [2.75, 3.05) is 0 Å². The molecule has 0 aromatic heterocycles. The summed E-state index contributed by atoms with van der Waals surface area (Å²) in [5.41, 5.74) is 11.9. The van der Waals surface area contributed by atoms with Crippen LogP contribution in [0.2, 0.25) is 0 Å². The SMILES string of the molecule is CC(C)CC(NC(=O)C(N)Cc1ccccc1)C(=O)NC(C(=O)NC(CCC(N)=O)C(=O)O)C(C)O. The molecule has 0 saturated heterocycles. The van der Waals surface area contributed by atoms with Gasteiger partial charge in [-0.3, -0.25) is 19.2 Å². The number of hydrogen-bond acceptors (Lipinski definition) is 7. The largest absolute Gasteiger partial charge is 0.480 e. The molecule has 1 aromatic carbocycles. The second kappa shape index (κ2) is 14.8. The van der Waals surface area contributed by atoms with Crippen molar-refractivity contribution >= 4 is 29.6 Å². The lowest BCUT2D eigenvalue weighted by molar-refractivity contribution is -0.143. The molecule has 0 saturated carbocycles. The number of aliphatic carboxylic acids is 1. The Kier molecular flexibility index (Phi) is 12.5. The van der Waals surface area contributed by atoms with E-state index in [1.807, 2.05) is 44.2 Å². The maximum Gasteiger partial charge on any atom is 0.326 e. The number of carbonyl (C=O) groups is 5. The van der Waals surface area contributed by atoms with E-state index in [2.05, 4.69) is 16.0 Å². The molecule has 0 spiro atoms. The van der Waals surface area contributed by atoms with E-state index in [-0.39, 0.29) is 31.6 Å². The molecule has 36 heavy (non-hydrogen) atoms. The van der Waals surface area contributed by atoms with Crippen LogP contribution in [-0.4, -0.2) is 70.1 Å². The average molecular weight is 508 g/mol. The fourth-order valence-corrected chi connectivity index (χ4v) is 3.41. The molecule has 4 amide bonds. The van der Waals surface area contributed by atoms with Crippen molar-refractivity contribution in [3.8, 4) is 0 Å². The quantitative estimate of drug-likeness (QED) is 0.152. The van der Waals surface area contributed by atoms with Crippen LogP contribution < -0.4 is 27.4 Å². The summed E-state index contributed by atoms with van der Waals surface area (Å²) in [4.78, 5) is 60.8. The highest BCUT2D eigenvalue weighted by Crippen LogP contribution is 2.08. The monoisotopic (exact) mass is 507 g/mol. The molecule has 0 fully saturated rings. The number of nitrogens with two attached hydrogens (primary N) is 2. The number of amides is 4. The van der Waals surface area contributed by atoms with E-state index in [0.29, 0.717) is 0 Å². The lowest BCUT2D eigenvalue weighted by Gasteiger charge is -2.27. The van der Waals surface area contributed by atoms with Crippen molar-refractivity contribution in [2.24, 2.45) is 17.4 Å². The second-order valence-corrected chi connectivity index (χ2v) is 9.12. The zero-order valence-corrected chi connectivity index (χ0v) is 20.8. The number of nitrogens with one attached hydrogen (secondary N) is 3. The summed E-state index contributed by atoms with van der Waals surface area (Å²) in [5, 5.41) is 26.6. The van der Waals surface area contributed by atoms with Crippen LogP contribution in [-0.2, 0) is 30.4 Å². The Morgan fingerprint density at radius 2 is 1.47 bits per heavy atom. The van der Waals surface area contributed by atoms with Gasteiger partial charge in [0.2, 0.25) is 23.6 Å². The maximum atomic E-state index is 13.0. The van der Waals surface area contributed by atoms with Crippen LogP contribution in [0.5, 0.6) is 0 Å². The van der Waals surface area contributed by atoms with Gasteiger partial charge in [0, 0.05) is 6.42 Å². The number of primary amides is 1. The minimum atomic E-state index is -1.52. The Balaban J connectivity index is 2.92. The van der Waals surface area contributed by atoms with Gasteiger partial charge in [0.05, 0.1) is 12.1 Å². The van der Waals surface area contributed by atoms with E-state index in [9.17, 15) is 34.2 Å². The Labute approximate surface area is 210 Å². The third kappa shape index (κ3) is 10.8. The van der Waals surface area contributed by atoms with Crippen LogP contribution in [0.1, 0.15) is 45.6 Å². The molecule has 200 valence electrons. The Morgan fingerprint density at radius 1 is 0.889 bits per heavy atom. The summed E-state index contributed by atoms with van der Waals surface area (Å²) in [6, 6.07) is 4.17. The predicted octanol–water partition coefficient (Wildman–Crippen LogP) is -1.21. The minimum absolute atomic E-state index is 0.0181. The molecule has 0 heterocycles. The van der Waals surface area contributed by atoms with Gasteiger partial charge in [-0.1, -0.05) is 44.2 Å². The molecule has 0 radical (unpaired) electrons. The van der Waals surface area contributed by atoms with Gasteiger partial charge in [-0.15, -0.1) is 0 Å². The molecule has 1 rings (SSSR count). The molecule has 12 nitrogen and oxygen atoms in total. The molecular weight excluding hydrogens is 470 g/mol. The molecule has 9 N–H and O–H groups in total. The molecule has 0 aliphatic heterocycles. The molecule has 1 aromatic rings. The summed E-state index contributed by atoms with van der Waals surface area (Å²) in [6.45, 7) is 4.92. The van der Waals surface area contributed by atoms with Gasteiger partial charge in [0.1, 0.15) is 18.1 Å². The first kappa shape index (κ1) is 30.5. The molecule has 0 aliphatic carbocycles. The van der Waals surface area contributed by atoms with Gasteiger partial charge in [0.25, 0.3) is 0 Å². The van der Waals surface area contributed by atoms with E-state index < -0.39 is 59.9 Å². The van der Waals surface area contributed by atoms with Crippen LogP contribution in [0.4, 0.5) is 0 Å². The summed E-state index contributed by atoms with van der Waals surface area (Å²) in [7, 11) is 0. The van der Waals surface area contributed by atoms with E-state index in [4.69, 9.17) is 11.5 Å². The fraction of sp³-hybridized carbons (Fsp3) is 0.542. The van der Waals surface area contributed by atoms with Gasteiger partial charge in [-0.25, -0.2) is 4.79 Å². The van der Waals surface area contributed by atoms with E-state index >= 15 is 0 Å². The highest BCUT2D eigenvalue weighted by Gasteiger charge is 2.33. The lowest BCUT2D eigenvalue weighted by atomic mass is 10.0. The number of hydrogen-bond donors (Lipinski definition) is 7. The van der Waals surface area contributed by atoms with Crippen LogP contribution in [0, 0.1) is 5.92 Å². The van der Waals surface area contributed by atoms with Gasteiger partial charge in [0.15, 0.2) is 0 Å². The molecule has 12 heteroatoms. The van der Waals surface area contributed by atoms with E-state index in [1.165, 1.54) is 6.92 Å². The summed E-state index contributed by atoms with van der Waals surface area (Å²) < 4.78 is 0. The number of aliphatic hydroxyl groups excluding tert-OH is 1. The standard InChI is InChI=1S/C24H37N5O7/c1-13(2)11-18(28-21(32)16(25)12-15-7-5-4-6-8-15)22(33)29-20(14(3)30)23(34)27-17(24(35)36)9-10-19(26)31/h4-8,13-14,16-18,20,30H,9-12,25H2,1-3H3,(H2,26,31)(H,27,34)(H,28,32)(H,29,33)(H,35,36). The second-order valence-electron chi connectivity index (χ2n) is 9.12. The van der Waals surface area contributed by atoms with Crippen LogP contribution in [0.15, 0.2) is 30.3 Å². The van der Waals surface area contributed by atoms with Crippen molar-refractivity contribution < 1.29 is 34.2 Å². The Bertz CT molecular complexity index is 907. The zero-order valence-electron chi connectivity index (χ0n) is 20.8. The highest BCUT2D eigenvalue weighted by atomic mass is 16.4. The minimum Gasteiger partial charge on any atom is -0.480 e. The third-order valence-electron chi connectivity index (χ3n) is 5.33. The first-order chi connectivity index (χ1) is 16.8. The Morgan fingerprint density at radius 3 is 1.97 bits per heavy atom. The average Bonchev–Trinajstić information content (AvgIpc) is 2.79. The number of carboxylic acid groups (broad SMARTS) is 1. The topological polar surface area (TPSA) is 214 Å².